The number of benzene rings is 4. The maximum atomic E-state index is 14.6. The van der Waals surface area contributed by atoms with Crippen molar-refractivity contribution in [2.24, 2.45) is 0 Å². The van der Waals surface area contributed by atoms with E-state index >= 15 is 0 Å². The van der Waals surface area contributed by atoms with Crippen LogP contribution in [0, 0.1) is 20.8 Å². The van der Waals surface area contributed by atoms with Crippen molar-refractivity contribution in [2.75, 3.05) is 0 Å². The molecular formula is C28H25O2P. The van der Waals surface area contributed by atoms with Gasteiger partial charge in [0.25, 0.3) is 0 Å². The van der Waals surface area contributed by atoms with Gasteiger partial charge < -0.3 is 4.57 Å². The summed E-state index contributed by atoms with van der Waals surface area (Å²) in [5, 5.41) is 1.12. The first-order chi connectivity index (χ1) is 14.9. The molecular weight excluding hydrogens is 399 g/mol. The standard InChI is InChI=1S/C28H25O2P/c1-20-19-21(2)27(22(3)26(20)23-13-7-4-8-14-23)28(29)31(30,24-15-9-5-10-16-24)25-17-11-6-12-18-25/h4-19H,1-3H3. The van der Waals surface area contributed by atoms with E-state index in [0.29, 0.717) is 16.2 Å². The molecule has 0 saturated carbocycles. The van der Waals surface area contributed by atoms with E-state index < -0.39 is 7.14 Å². The van der Waals surface area contributed by atoms with Crippen molar-refractivity contribution >= 4 is 23.3 Å². The molecule has 0 heterocycles. The number of carbonyl (C=O) groups is 1. The molecule has 0 aliphatic carbocycles. The summed E-state index contributed by atoms with van der Waals surface area (Å²) in [4.78, 5) is 14.1. The average Bonchev–Trinajstić information content (AvgIpc) is 2.80. The van der Waals surface area contributed by atoms with E-state index in [4.69, 9.17) is 0 Å². The van der Waals surface area contributed by atoms with Crippen molar-refractivity contribution in [1.82, 2.24) is 0 Å². The lowest BCUT2D eigenvalue weighted by Crippen LogP contribution is -2.24. The van der Waals surface area contributed by atoms with Crippen molar-refractivity contribution in [3.05, 3.63) is 119 Å². The molecule has 0 N–H and O–H groups in total. The Morgan fingerprint density at radius 3 is 1.58 bits per heavy atom. The van der Waals surface area contributed by atoms with Gasteiger partial charge in [0.15, 0.2) is 0 Å². The molecule has 154 valence electrons. The maximum absolute atomic E-state index is 14.6. The molecule has 31 heavy (non-hydrogen) atoms. The lowest BCUT2D eigenvalue weighted by atomic mass is 9.90. The van der Waals surface area contributed by atoms with Crippen molar-refractivity contribution in [3.63, 3.8) is 0 Å². The van der Waals surface area contributed by atoms with Crippen LogP contribution in [-0.4, -0.2) is 5.52 Å². The Morgan fingerprint density at radius 2 is 1.10 bits per heavy atom. The molecule has 0 amide bonds. The van der Waals surface area contributed by atoms with E-state index in [2.05, 4.69) is 6.92 Å². The van der Waals surface area contributed by atoms with Gasteiger partial charge in [-0.25, -0.2) is 0 Å². The van der Waals surface area contributed by atoms with Crippen LogP contribution in [0.1, 0.15) is 27.0 Å². The first-order valence-corrected chi connectivity index (χ1v) is 12.1. The second-order valence-corrected chi connectivity index (χ2v) is 10.5. The van der Waals surface area contributed by atoms with Crippen LogP contribution in [0.4, 0.5) is 0 Å². The predicted octanol–water partition coefficient (Wildman–Crippen LogP) is 6.43. The van der Waals surface area contributed by atoms with Gasteiger partial charge in [-0.1, -0.05) is 97.1 Å². The van der Waals surface area contributed by atoms with Crippen LogP contribution in [0.3, 0.4) is 0 Å². The monoisotopic (exact) mass is 424 g/mol. The fraction of sp³-hybridized carbons (Fsp3) is 0.107. The highest BCUT2D eigenvalue weighted by molar-refractivity contribution is 7.93. The van der Waals surface area contributed by atoms with Crippen LogP contribution >= 0.6 is 7.14 Å². The Labute approximate surface area is 184 Å². The highest BCUT2D eigenvalue weighted by Crippen LogP contribution is 2.49. The molecule has 0 aliphatic rings. The van der Waals surface area contributed by atoms with Crippen LogP contribution in [0.25, 0.3) is 11.1 Å². The summed E-state index contributed by atoms with van der Waals surface area (Å²) in [5.41, 5.74) is 5.17. The van der Waals surface area contributed by atoms with E-state index in [1.165, 1.54) is 0 Å². The summed E-state index contributed by atoms with van der Waals surface area (Å²) in [7, 11) is -3.56. The quantitative estimate of drug-likeness (QED) is 0.346. The fourth-order valence-electron chi connectivity index (χ4n) is 4.38. The summed E-state index contributed by atoms with van der Waals surface area (Å²) in [6.45, 7) is 5.96. The van der Waals surface area contributed by atoms with Crippen LogP contribution in [-0.2, 0) is 4.57 Å². The smallest absolute Gasteiger partial charge is 0.230 e. The van der Waals surface area contributed by atoms with Crippen molar-refractivity contribution < 1.29 is 9.36 Å². The largest absolute Gasteiger partial charge is 0.305 e. The third-order valence-corrected chi connectivity index (χ3v) is 8.62. The second kappa shape index (κ2) is 8.49. The zero-order valence-electron chi connectivity index (χ0n) is 18.0. The number of carbonyl (C=O) groups excluding carboxylic acids is 1. The Bertz CT molecular complexity index is 1230. The number of aryl methyl sites for hydroxylation is 2. The molecule has 3 heteroatoms. The molecule has 0 unspecified atom stereocenters. The highest BCUT2D eigenvalue weighted by atomic mass is 31.2. The summed E-state index contributed by atoms with van der Waals surface area (Å²) < 4.78 is 14.6. The van der Waals surface area contributed by atoms with Crippen LogP contribution in [0.2, 0.25) is 0 Å². The Balaban J connectivity index is 1.99. The minimum atomic E-state index is -3.56. The van der Waals surface area contributed by atoms with Crippen LogP contribution in [0.5, 0.6) is 0 Å². The van der Waals surface area contributed by atoms with Crippen molar-refractivity contribution in [3.8, 4) is 11.1 Å². The molecule has 0 aliphatic heterocycles. The van der Waals surface area contributed by atoms with Gasteiger partial charge in [0.1, 0.15) is 0 Å². The van der Waals surface area contributed by atoms with Gasteiger partial charge in [-0.15, -0.1) is 0 Å². The summed E-state index contributed by atoms with van der Waals surface area (Å²) >= 11 is 0. The molecule has 4 aromatic rings. The molecule has 0 fully saturated rings. The van der Waals surface area contributed by atoms with E-state index in [9.17, 15) is 9.36 Å². The first-order valence-electron chi connectivity index (χ1n) is 10.4. The maximum Gasteiger partial charge on any atom is 0.230 e. The lowest BCUT2D eigenvalue weighted by Gasteiger charge is -2.22. The van der Waals surface area contributed by atoms with Crippen LogP contribution in [0.15, 0.2) is 97.1 Å². The topological polar surface area (TPSA) is 34.1 Å². The molecule has 4 rings (SSSR count). The van der Waals surface area contributed by atoms with Gasteiger partial charge in [-0.3, -0.25) is 4.79 Å². The van der Waals surface area contributed by atoms with Gasteiger partial charge in [-0.2, -0.15) is 0 Å². The van der Waals surface area contributed by atoms with Gasteiger partial charge in [0.2, 0.25) is 12.7 Å². The molecule has 0 radical (unpaired) electrons. The average molecular weight is 424 g/mol. The molecule has 0 spiro atoms. The van der Waals surface area contributed by atoms with E-state index in [-0.39, 0.29) is 5.52 Å². The predicted molar refractivity (Wildman–Crippen MR) is 130 cm³/mol. The molecule has 0 atom stereocenters. The molecule has 0 aromatic heterocycles. The Hall–Kier alpha value is -3.22. The minimum Gasteiger partial charge on any atom is -0.305 e. The van der Waals surface area contributed by atoms with E-state index in [1.807, 2.05) is 86.6 Å². The minimum absolute atomic E-state index is 0.308. The van der Waals surface area contributed by atoms with Gasteiger partial charge in [0, 0.05) is 16.2 Å². The summed E-state index contributed by atoms with van der Waals surface area (Å²) in [6, 6.07) is 30.4. The molecule has 0 saturated heterocycles. The molecule has 0 bridgehead atoms. The van der Waals surface area contributed by atoms with E-state index in [1.54, 1.807) is 24.3 Å². The second-order valence-electron chi connectivity index (χ2n) is 7.84. The van der Waals surface area contributed by atoms with Gasteiger partial charge >= 0.3 is 0 Å². The summed E-state index contributed by atoms with van der Waals surface area (Å²) in [6.07, 6.45) is 0. The zero-order chi connectivity index (χ0) is 22.0. The fourth-order valence-corrected chi connectivity index (χ4v) is 6.99. The Morgan fingerprint density at radius 1 is 0.645 bits per heavy atom. The zero-order valence-corrected chi connectivity index (χ0v) is 18.9. The van der Waals surface area contributed by atoms with Gasteiger partial charge in [0.05, 0.1) is 0 Å². The molecule has 2 nitrogen and oxygen atoms in total. The number of hydrogen-bond donors (Lipinski definition) is 0. The SMILES string of the molecule is Cc1cc(C)c(-c2ccccc2)c(C)c1C(=O)P(=O)(c1ccccc1)c1ccccc1. The first kappa shape index (κ1) is 21.0. The lowest BCUT2D eigenvalue weighted by molar-refractivity contribution is 0.107. The van der Waals surface area contributed by atoms with Crippen molar-refractivity contribution in [2.45, 2.75) is 20.8 Å². The summed E-state index contributed by atoms with van der Waals surface area (Å²) in [5.74, 6) is 0. The third-order valence-electron chi connectivity index (χ3n) is 5.77. The van der Waals surface area contributed by atoms with Gasteiger partial charge in [-0.05, 0) is 48.6 Å². The third kappa shape index (κ3) is 3.69. The number of rotatable bonds is 5. The van der Waals surface area contributed by atoms with Crippen molar-refractivity contribution in [1.29, 1.82) is 0 Å². The number of hydrogen-bond acceptors (Lipinski definition) is 2. The molecule has 4 aromatic carbocycles. The van der Waals surface area contributed by atoms with Crippen LogP contribution < -0.4 is 10.6 Å². The Kier molecular flexibility index (Phi) is 5.76. The highest BCUT2D eigenvalue weighted by Gasteiger charge is 2.38. The van der Waals surface area contributed by atoms with E-state index in [0.717, 1.165) is 27.8 Å². The normalized spacial score (nSPS) is 11.3.